The second-order valence-electron chi connectivity index (χ2n) is 6.55. The summed E-state index contributed by atoms with van der Waals surface area (Å²) in [6, 6.07) is 16.1. The van der Waals surface area contributed by atoms with Crippen LogP contribution >= 0.6 is 0 Å². The fourth-order valence-electron chi connectivity index (χ4n) is 3.19. The Kier molecular flexibility index (Phi) is 4.69. The zero-order valence-electron chi connectivity index (χ0n) is 14.9. The highest BCUT2D eigenvalue weighted by Crippen LogP contribution is 2.36. The molecule has 2 heterocycles. The van der Waals surface area contributed by atoms with E-state index in [4.69, 9.17) is 9.47 Å². The Bertz CT molecular complexity index is 988. The zero-order valence-corrected chi connectivity index (χ0v) is 14.9. The van der Waals surface area contributed by atoms with Crippen molar-refractivity contribution in [3.63, 3.8) is 0 Å². The zero-order chi connectivity index (χ0) is 18.8. The third-order valence-corrected chi connectivity index (χ3v) is 4.51. The molecule has 1 atom stereocenters. The Morgan fingerprint density at radius 2 is 2.00 bits per heavy atom. The molecule has 0 radical (unpaired) electrons. The second kappa shape index (κ2) is 7.29. The van der Waals surface area contributed by atoms with Crippen molar-refractivity contribution in [2.24, 2.45) is 0 Å². The lowest BCUT2D eigenvalue weighted by atomic mass is 10.1. The van der Waals surface area contributed by atoms with Crippen LogP contribution in [-0.4, -0.2) is 5.78 Å². The number of ketones is 1. The molecule has 4 nitrogen and oxygen atoms in total. The molecule has 0 amide bonds. The van der Waals surface area contributed by atoms with Crippen LogP contribution in [0, 0.1) is 5.82 Å². The van der Waals surface area contributed by atoms with Crippen molar-refractivity contribution >= 4 is 5.78 Å². The first-order chi connectivity index (χ1) is 13.1. The molecule has 0 unspecified atom stereocenters. The van der Waals surface area contributed by atoms with Crippen LogP contribution < -0.4 is 9.30 Å². The first kappa shape index (κ1) is 17.4. The average molecular weight is 364 g/mol. The highest BCUT2D eigenvalue weighted by Gasteiger charge is 2.26. The number of rotatable bonds is 4. The van der Waals surface area contributed by atoms with Gasteiger partial charge in [-0.25, -0.2) is 4.39 Å². The number of aromatic nitrogens is 1. The summed E-state index contributed by atoms with van der Waals surface area (Å²) in [5, 5.41) is 0. The molecule has 0 bridgehead atoms. The highest BCUT2D eigenvalue weighted by atomic mass is 19.1. The van der Waals surface area contributed by atoms with Crippen molar-refractivity contribution in [1.82, 2.24) is 0 Å². The minimum Gasteiger partial charge on any atom is -0.460 e. The van der Waals surface area contributed by atoms with E-state index >= 15 is 0 Å². The van der Waals surface area contributed by atoms with Crippen LogP contribution in [0.15, 0.2) is 67.0 Å². The number of halogens is 1. The minimum atomic E-state index is -0.531. The number of pyridine rings is 1. The van der Waals surface area contributed by atoms with Gasteiger partial charge in [-0.05, 0) is 25.1 Å². The highest BCUT2D eigenvalue weighted by molar-refractivity contribution is 5.93. The molecule has 0 aliphatic carbocycles. The van der Waals surface area contributed by atoms with E-state index in [0.29, 0.717) is 29.0 Å². The number of nitrogens with zero attached hydrogens (tertiary/aromatic N) is 1. The Hall–Kier alpha value is -3.05. The maximum absolute atomic E-state index is 14.1. The first-order valence-electron chi connectivity index (χ1n) is 8.75. The number of carbonyl (C=O) groups excluding carboxylic acids is 1. The van der Waals surface area contributed by atoms with Crippen molar-refractivity contribution in [1.29, 1.82) is 0 Å². The Balaban J connectivity index is 1.67. The van der Waals surface area contributed by atoms with Crippen LogP contribution in [-0.2, 0) is 17.9 Å². The number of hydrogen-bond acceptors (Lipinski definition) is 3. The van der Waals surface area contributed by atoms with Gasteiger partial charge in [0.1, 0.15) is 11.6 Å². The first-order valence-corrected chi connectivity index (χ1v) is 8.75. The van der Waals surface area contributed by atoms with Gasteiger partial charge in [0.2, 0.25) is 6.29 Å². The lowest BCUT2D eigenvalue weighted by Gasteiger charge is -2.28. The summed E-state index contributed by atoms with van der Waals surface area (Å²) in [7, 11) is 0. The Morgan fingerprint density at radius 1 is 1.19 bits per heavy atom. The van der Waals surface area contributed by atoms with Gasteiger partial charge in [-0.15, -0.1) is 0 Å². The number of carbonyl (C=O) groups is 1. The molecule has 3 aromatic rings. The van der Waals surface area contributed by atoms with E-state index in [2.05, 4.69) is 0 Å². The SMILES string of the molecule is CC(=O)c1ccc[n+](Cc2cc(F)cc3c2O[C@@H](c2ccccc2)OC3)c1. The van der Waals surface area contributed by atoms with Crippen molar-refractivity contribution in [3.8, 4) is 5.75 Å². The van der Waals surface area contributed by atoms with E-state index in [9.17, 15) is 9.18 Å². The van der Waals surface area contributed by atoms with Gasteiger partial charge in [0, 0.05) is 17.2 Å². The molecule has 0 fully saturated rings. The quantitative estimate of drug-likeness (QED) is 0.519. The summed E-state index contributed by atoms with van der Waals surface area (Å²) in [4.78, 5) is 11.6. The normalized spacial score (nSPS) is 15.7. The van der Waals surface area contributed by atoms with Gasteiger partial charge in [0.15, 0.2) is 24.7 Å². The summed E-state index contributed by atoms with van der Waals surface area (Å²) in [6.45, 7) is 2.19. The molecule has 136 valence electrons. The van der Waals surface area contributed by atoms with E-state index in [1.54, 1.807) is 18.3 Å². The molecule has 0 N–H and O–H groups in total. The molecule has 0 saturated heterocycles. The molecular formula is C22H19FNO3+. The van der Waals surface area contributed by atoms with E-state index in [0.717, 1.165) is 5.56 Å². The van der Waals surface area contributed by atoms with Crippen LogP contribution in [0.1, 0.15) is 40.3 Å². The summed E-state index contributed by atoms with van der Waals surface area (Å²) in [5.74, 6) is 0.286. The third kappa shape index (κ3) is 3.73. The van der Waals surface area contributed by atoms with Crippen LogP contribution in [0.3, 0.4) is 0 Å². The van der Waals surface area contributed by atoms with Crippen LogP contribution in [0.25, 0.3) is 0 Å². The molecule has 2 aromatic carbocycles. The van der Waals surface area contributed by atoms with Gasteiger partial charge < -0.3 is 9.47 Å². The maximum atomic E-state index is 14.1. The summed E-state index contributed by atoms with van der Waals surface area (Å²) in [5.41, 5.74) is 2.90. The summed E-state index contributed by atoms with van der Waals surface area (Å²) >= 11 is 0. The molecule has 27 heavy (non-hydrogen) atoms. The molecule has 1 aromatic heterocycles. The maximum Gasteiger partial charge on any atom is 0.227 e. The number of ether oxygens (including phenoxy) is 2. The minimum absolute atomic E-state index is 0.0144. The molecular weight excluding hydrogens is 345 g/mol. The van der Waals surface area contributed by atoms with E-state index in [1.165, 1.54) is 19.1 Å². The Labute approximate surface area is 156 Å². The van der Waals surface area contributed by atoms with Gasteiger partial charge in [-0.3, -0.25) is 4.79 Å². The molecule has 4 rings (SSSR count). The van der Waals surface area contributed by atoms with E-state index in [-0.39, 0.29) is 18.2 Å². The second-order valence-corrected chi connectivity index (χ2v) is 6.55. The summed E-state index contributed by atoms with van der Waals surface area (Å²) < 4.78 is 27.8. The molecule has 1 aliphatic rings. The fourth-order valence-corrected chi connectivity index (χ4v) is 3.19. The predicted octanol–water partition coefficient (Wildman–Crippen LogP) is 3.97. The Morgan fingerprint density at radius 3 is 2.78 bits per heavy atom. The molecule has 0 spiro atoms. The van der Waals surface area contributed by atoms with Gasteiger partial charge in [0.25, 0.3) is 0 Å². The third-order valence-electron chi connectivity index (χ3n) is 4.51. The smallest absolute Gasteiger partial charge is 0.227 e. The summed E-state index contributed by atoms with van der Waals surface area (Å²) in [6.07, 6.45) is 3.07. The monoisotopic (exact) mass is 364 g/mol. The molecule has 0 saturated carbocycles. The fraction of sp³-hybridized carbons (Fsp3) is 0.182. The molecule has 5 heteroatoms. The van der Waals surface area contributed by atoms with Crippen LogP contribution in [0.2, 0.25) is 0 Å². The largest absolute Gasteiger partial charge is 0.460 e. The lowest BCUT2D eigenvalue weighted by molar-refractivity contribution is -0.688. The van der Waals surface area contributed by atoms with Crippen molar-refractivity contribution in [2.75, 3.05) is 0 Å². The standard InChI is InChI=1S/C22H19FNO3/c1-15(25)17-8-5-9-24(12-17)13-18-10-20(23)11-19-14-26-22(27-21(18)19)16-6-3-2-4-7-16/h2-12,22H,13-14H2,1H3/q+1/t22-/m0/s1. The topological polar surface area (TPSA) is 39.4 Å². The number of benzene rings is 2. The van der Waals surface area contributed by atoms with Gasteiger partial charge in [0.05, 0.1) is 17.7 Å². The van der Waals surface area contributed by atoms with E-state index < -0.39 is 6.29 Å². The van der Waals surface area contributed by atoms with Crippen molar-refractivity contribution < 1.29 is 23.2 Å². The predicted molar refractivity (Wildman–Crippen MR) is 96.7 cm³/mol. The van der Waals surface area contributed by atoms with Gasteiger partial charge in [-0.2, -0.15) is 4.57 Å². The van der Waals surface area contributed by atoms with Crippen molar-refractivity contribution in [2.45, 2.75) is 26.4 Å². The number of hydrogen-bond donors (Lipinski definition) is 0. The van der Waals surface area contributed by atoms with Crippen LogP contribution in [0.4, 0.5) is 4.39 Å². The van der Waals surface area contributed by atoms with Crippen LogP contribution in [0.5, 0.6) is 5.75 Å². The molecule has 1 aliphatic heterocycles. The number of Topliss-reactive ketones (excluding diaryl/α,β-unsaturated/α-hetero) is 1. The van der Waals surface area contributed by atoms with Gasteiger partial charge in [-0.1, -0.05) is 30.3 Å². The van der Waals surface area contributed by atoms with Gasteiger partial charge >= 0.3 is 0 Å². The lowest BCUT2D eigenvalue weighted by Crippen LogP contribution is -2.35. The average Bonchev–Trinajstić information content (AvgIpc) is 2.68. The number of fused-ring (bicyclic) bond motifs is 1. The van der Waals surface area contributed by atoms with Crippen molar-refractivity contribution in [3.05, 3.63) is 95.1 Å². The van der Waals surface area contributed by atoms with E-state index in [1.807, 2.05) is 41.1 Å².